The van der Waals surface area contributed by atoms with Gasteiger partial charge in [-0.2, -0.15) is 0 Å². The standard InChI is InChI=1S/C13H28N2O2S/c1-2-13(12-8-4-3-5-9-12)15-18(16,17)11-7-6-10-14/h12-13,15H,2-11,14H2,1H3. The van der Waals surface area contributed by atoms with Gasteiger partial charge in [0.2, 0.25) is 10.0 Å². The number of nitrogens with one attached hydrogen (secondary N) is 1. The van der Waals surface area contributed by atoms with Gasteiger partial charge in [-0.05, 0) is 44.6 Å². The first-order valence-electron chi connectivity index (χ1n) is 7.29. The molecule has 108 valence electrons. The maximum Gasteiger partial charge on any atom is 0.211 e. The third-order valence-corrected chi connectivity index (χ3v) is 5.34. The summed E-state index contributed by atoms with van der Waals surface area (Å²) in [5.74, 6) is 0.751. The van der Waals surface area contributed by atoms with Gasteiger partial charge < -0.3 is 5.73 Å². The van der Waals surface area contributed by atoms with E-state index >= 15 is 0 Å². The second-order valence-electron chi connectivity index (χ2n) is 5.35. The second kappa shape index (κ2) is 8.12. The lowest BCUT2D eigenvalue weighted by Crippen LogP contribution is -2.41. The summed E-state index contributed by atoms with van der Waals surface area (Å²) < 4.78 is 26.8. The number of sulfonamides is 1. The van der Waals surface area contributed by atoms with Gasteiger partial charge in [0, 0.05) is 6.04 Å². The number of nitrogens with two attached hydrogens (primary N) is 1. The largest absolute Gasteiger partial charge is 0.330 e. The Bertz CT molecular complexity index is 311. The van der Waals surface area contributed by atoms with E-state index in [9.17, 15) is 8.42 Å². The highest BCUT2D eigenvalue weighted by molar-refractivity contribution is 7.89. The third-order valence-electron chi connectivity index (χ3n) is 3.86. The Labute approximate surface area is 112 Å². The molecule has 0 aromatic heterocycles. The van der Waals surface area contributed by atoms with Crippen LogP contribution in [0.15, 0.2) is 0 Å². The molecule has 1 rings (SSSR count). The fourth-order valence-corrected chi connectivity index (χ4v) is 4.30. The van der Waals surface area contributed by atoms with Crippen LogP contribution in [0.25, 0.3) is 0 Å². The molecular formula is C13H28N2O2S. The molecule has 4 nitrogen and oxygen atoms in total. The monoisotopic (exact) mass is 276 g/mol. The van der Waals surface area contributed by atoms with Gasteiger partial charge in [0.1, 0.15) is 0 Å². The van der Waals surface area contributed by atoms with E-state index in [-0.39, 0.29) is 11.8 Å². The van der Waals surface area contributed by atoms with Gasteiger partial charge in [-0.15, -0.1) is 0 Å². The van der Waals surface area contributed by atoms with Crippen LogP contribution in [-0.4, -0.2) is 26.8 Å². The molecule has 0 aromatic rings. The summed E-state index contributed by atoms with van der Waals surface area (Å²) in [7, 11) is -3.12. The van der Waals surface area contributed by atoms with Gasteiger partial charge in [0.25, 0.3) is 0 Å². The van der Waals surface area contributed by atoms with Crippen molar-refractivity contribution in [2.45, 2.75) is 64.3 Å². The van der Waals surface area contributed by atoms with Gasteiger partial charge in [0.15, 0.2) is 0 Å². The molecule has 18 heavy (non-hydrogen) atoms. The summed E-state index contributed by atoms with van der Waals surface area (Å²) in [6.07, 6.45) is 8.46. The average Bonchev–Trinajstić information content (AvgIpc) is 2.37. The van der Waals surface area contributed by atoms with Gasteiger partial charge in [-0.3, -0.25) is 0 Å². The van der Waals surface area contributed by atoms with E-state index < -0.39 is 10.0 Å². The normalized spacial score (nSPS) is 19.9. The first-order valence-corrected chi connectivity index (χ1v) is 8.94. The van der Waals surface area contributed by atoms with Crippen LogP contribution in [-0.2, 0) is 10.0 Å². The first-order chi connectivity index (χ1) is 8.59. The van der Waals surface area contributed by atoms with Crippen LogP contribution in [0.5, 0.6) is 0 Å². The minimum Gasteiger partial charge on any atom is -0.330 e. The van der Waals surface area contributed by atoms with Crippen molar-refractivity contribution in [1.82, 2.24) is 4.72 Å². The topological polar surface area (TPSA) is 72.2 Å². The SMILES string of the molecule is CCC(NS(=O)(=O)CCCCN)C1CCCCC1. The van der Waals surface area contributed by atoms with Crippen LogP contribution in [0.1, 0.15) is 58.3 Å². The minimum atomic E-state index is -3.12. The highest BCUT2D eigenvalue weighted by Gasteiger charge is 2.25. The molecule has 0 amide bonds. The van der Waals surface area contributed by atoms with E-state index in [1.165, 1.54) is 32.1 Å². The Morgan fingerprint density at radius 1 is 1.22 bits per heavy atom. The van der Waals surface area contributed by atoms with Crippen LogP contribution in [0.3, 0.4) is 0 Å². The highest BCUT2D eigenvalue weighted by atomic mass is 32.2. The lowest BCUT2D eigenvalue weighted by atomic mass is 9.83. The third kappa shape index (κ3) is 5.67. The molecule has 0 saturated heterocycles. The van der Waals surface area contributed by atoms with E-state index in [0.29, 0.717) is 18.9 Å². The smallest absolute Gasteiger partial charge is 0.211 e. The van der Waals surface area contributed by atoms with E-state index in [4.69, 9.17) is 5.73 Å². The Kier molecular flexibility index (Phi) is 7.19. The predicted octanol–water partition coefficient (Wildman–Crippen LogP) is 2.00. The van der Waals surface area contributed by atoms with Crippen molar-refractivity contribution in [3.8, 4) is 0 Å². The van der Waals surface area contributed by atoms with Crippen molar-refractivity contribution in [2.75, 3.05) is 12.3 Å². The molecule has 0 bridgehead atoms. The molecule has 1 aliphatic rings. The second-order valence-corrected chi connectivity index (χ2v) is 7.22. The molecule has 0 spiro atoms. The van der Waals surface area contributed by atoms with Gasteiger partial charge >= 0.3 is 0 Å². The fourth-order valence-electron chi connectivity index (χ4n) is 2.78. The number of hydrogen-bond acceptors (Lipinski definition) is 3. The van der Waals surface area contributed by atoms with Crippen molar-refractivity contribution in [2.24, 2.45) is 11.7 Å². The molecule has 3 N–H and O–H groups in total. The highest BCUT2D eigenvalue weighted by Crippen LogP contribution is 2.28. The molecule has 1 saturated carbocycles. The number of rotatable bonds is 8. The quantitative estimate of drug-likeness (QED) is 0.666. The zero-order chi connectivity index (χ0) is 13.4. The van der Waals surface area contributed by atoms with Crippen LogP contribution >= 0.6 is 0 Å². The average molecular weight is 276 g/mol. The molecular weight excluding hydrogens is 248 g/mol. The Morgan fingerprint density at radius 3 is 2.44 bits per heavy atom. The van der Waals surface area contributed by atoms with Crippen molar-refractivity contribution < 1.29 is 8.42 Å². The molecule has 1 atom stereocenters. The summed E-state index contributed by atoms with van der Waals surface area (Å²) in [6, 6.07) is 0.133. The maximum absolute atomic E-state index is 12.0. The Morgan fingerprint density at radius 2 is 1.89 bits per heavy atom. The van der Waals surface area contributed by atoms with Gasteiger partial charge in [0.05, 0.1) is 5.75 Å². The minimum absolute atomic E-state index is 0.133. The number of unbranched alkanes of at least 4 members (excludes halogenated alkanes) is 1. The van der Waals surface area contributed by atoms with Crippen molar-refractivity contribution in [3.05, 3.63) is 0 Å². The lowest BCUT2D eigenvalue weighted by Gasteiger charge is -2.30. The van der Waals surface area contributed by atoms with Crippen LogP contribution < -0.4 is 10.5 Å². The molecule has 0 aliphatic heterocycles. The first kappa shape index (κ1) is 15.9. The summed E-state index contributed by atoms with van der Waals surface area (Å²) >= 11 is 0. The van der Waals surface area contributed by atoms with E-state index in [1.54, 1.807) is 0 Å². The van der Waals surface area contributed by atoms with E-state index in [0.717, 1.165) is 12.8 Å². The summed E-state index contributed by atoms with van der Waals surface area (Å²) in [5, 5.41) is 0. The zero-order valence-electron chi connectivity index (χ0n) is 11.5. The molecule has 0 heterocycles. The van der Waals surface area contributed by atoms with Crippen LogP contribution in [0, 0.1) is 5.92 Å². The van der Waals surface area contributed by atoms with Crippen LogP contribution in [0.2, 0.25) is 0 Å². The zero-order valence-corrected chi connectivity index (χ0v) is 12.3. The summed E-state index contributed by atoms with van der Waals surface area (Å²) in [6.45, 7) is 2.64. The molecule has 0 aromatic carbocycles. The summed E-state index contributed by atoms with van der Waals surface area (Å²) in [4.78, 5) is 0. The lowest BCUT2D eigenvalue weighted by molar-refractivity contribution is 0.285. The maximum atomic E-state index is 12.0. The van der Waals surface area contributed by atoms with Crippen molar-refractivity contribution in [3.63, 3.8) is 0 Å². The summed E-state index contributed by atoms with van der Waals surface area (Å²) in [5.41, 5.74) is 5.39. The van der Waals surface area contributed by atoms with Crippen LogP contribution in [0.4, 0.5) is 0 Å². The Hall–Kier alpha value is -0.130. The predicted molar refractivity (Wildman–Crippen MR) is 75.9 cm³/mol. The van der Waals surface area contributed by atoms with Gasteiger partial charge in [-0.1, -0.05) is 26.2 Å². The molecule has 0 radical (unpaired) electrons. The fraction of sp³-hybridized carbons (Fsp3) is 1.00. The van der Waals surface area contributed by atoms with Crippen molar-refractivity contribution in [1.29, 1.82) is 0 Å². The van der Waals surface area contributed by atoms with E-state index in [2.05, 4.69) is 11.6 Å². The molecule has 1 fully saturated rings. The molecule has 1 unspecified atom stereocenters. The molecule has 1 aliphatic carbocycles. The van der Waals surface area contributed by atoms with E-state index in [1.807, 2.05) is 0 Å². The Balaban J connectivity index is 2.45. The number of hydrogen-bond donors (Lipinski definition) is 2. The molecule has 5 heteroatoms. The van der Waals surface area contributed by atoms with Crippen molar-refractivity contribution >= 4 is 10.0 Å². The van der Waals surface area contributed by atoms with Gasteiger partial charge in [-0.25, -0.2) is 13.1 Å².